The van der Waals surface area contributed by atoms with E-state index in [-0.39, 0.29) is 12.1 Å². The predicted octanol–water partition coefficient (Wildman–Crippen LogP) is 0.559. The van der Waals surface area contributed by atoms with Crippen molar-refractivity contribution in [3.05, 3.63) is 0 Å². The van der Waals surface area contributed by atoms with Crippen LogP contribution in [0.5, 0.6) is 0 Å². The third-order valence-electron chi connectivity index (χ3n) is 1.20. The summed E-state index contributed by atoms with van der Waals surface area (Å²) in [5.41, 5.74) is -0.378. The maximum absolute atomic E-state index is 8.75. The summed E-state index contributed by atoms with van der Waals surface area (Å²) in [5, 5.41) is 8.75. The van der Waals surface area contributed by atoms with E-state index in [2.05, 4.69) is 4.99 Å². The van der Waals surface area contributed by atoms with Crippen LogP contribution in [0.15, 0.2) is 4.99 Å². The van der Waals surface area contributed by atoms with Crippen LogP contribution in [0.1, 0.15) is 6.92 Å². The zero-order chi connectivity index (χ0) is 6.91. The van der Waals surface area contributed by atoms with Gasteiger partial charge in [-0.1, -0.05) is 0 Å². The van der Waals surface area contributed by atoms with E-state index in [1.807, 2.05) is 29.5 Å². The summed E-state index contributed by atoms with van der Waals surface area (Å²) >= 11 is 2.00. The minimum absolute atomic E-state index is 0.0551. The monoisotopic (exact) mass is 241 g/mol. The Morgan fingerprint density at radius 2 is 2.67 bits per heavy atom. The van der Waals surface area contributed by atoms with Gasteiger partial charge in [-0.25, -0.2) is 4.99 Å². The van der Waals surface area contributed by atoms with Crippen LogP contribution in [0.4, 0.5) is 0 Å². The van der Waals surface area contributed by atoms with Crippen LogP contribution in [-0.4, -0.2) is 27.8 Å². The lowest BCUT2D eigenvalue weighted by Gasteiger charge is -2.12. The highest BCUT2D eigenvalue weighted by molar-refractivity contribution is 14.1. The van der Waals surface area contributed by atoms with E-state index in [1.54, 1.807) is 0 Å². The maximum Gasteiger partial charge on any atom is 0.248 e. The molecule has 1 atom stereocenters. The molecule has 0 aliphatic carbocycles. The number of aliphatic hydroxyl groups excluding tert-OH is 1. The molecule has 0 aromatic carbocycles. The standard InChI is InChI=1S/C5H8INO2/c1-5(2-8)3-9-4(6)7-5/h8H,2-3H2,1H3. The Labute approximate surface area is 67.3 Å². The fourth-order valence-electron chi connectivity index (χ4n) is 0.573. The van der Waals surface area contributed by atoms with Crippen LogP contribution in [0.3, 0.4) is 0 Å². The number of nitrogens with zero attached hydrogens (tertiary/aromatic N) is 1. The van der Waals surface area contributed by atoms with Gasteiger partial charge in [0.1, 0.15) is 12.1 Å². The Morgan fingerprint density at radius 1 is 2.00 bits per heavy atom. The number of aliphatic hydroxyl groups is 1. The first-order chi connectivity index (χ1) is 4.16. The molecule has 1 unspecified atom stereocenters. The second-order valence-electron chi connectivity index (χ2n) is 2.31. The molecule has 0 spiro atoms. The number of aliphatic imine (C=N–C) groups is 1. The summed E-state index contributed by atoms with van der Waals surface area (Å²) in [7, 11) is 0. The molecule has 0 fully saturated rings. The lowest BCUT2D eigenvalue weighted by atomic mass is 10.1. The van der Waals surface area contributed by atoms with Gasteiger partial charge in [0, 0.05) is 22.6 Å². The van der Waals surface area contributed by atoms with Gasteiger partial charge in [-0.2, -0.15) is 0 Å². The summed E-state index contributed by atoms with van der Waals surface area (Å²) < 4.78 is 5.68. The van der Waals surface area contributed by atoms with E-state index in [0.29, 0.717) is 10.5 Å². The van der Waals surface area contributed by atoms with Crippen LogP contribution >= 0.6 is 22.6 Å². The van der Waals surface area contributed by atoms with Crippen molar-refractivity contribution in [1.29, 1.82) is 0 Å². The van der Waals surface area contributed by atoms with Crippen molar-refractivity contribution in [2.75, 3.05) is 13.2 Å². The number of rotatable bonds is 1. The molecule has 1 aliphatic heterocycles. The van der Waals surface area contributed by atoms with Gasteiger partial charge in [0.15, 0.2) is 0 Å². The van der Waals surface area contributed by atoms with E-state index < -0.39 is 0 Å². The number of ether oxygens (including phenoxy) is 1. The Balaban J connectivity index is 2.64. The summed E-state index contributed by atoms with van der Waals surface area (Å²) in [6, 6.07) is 0. The third-order valence-corrected chi connectivity index (χ3v) is 1.75. The van der Waals surface area contributed by atoms with Crippen LogP contribution < -0.4 is 0 Å². The van der Waals surface area contributed by atoms with Crippen LogP contribution in [0.25, 0.3) is 0 Å². The molecule has 1 heterocycles. The Kier molecular flexibility index (Phi) is 1.95. The van der Waals surface area contributed by atoms with E-state index >= 15 is 0 Å². The summed E-state index contributed by atoms with van der Waals surface area (Å²) in [5.74, 6) is 0. The minimum Gasteiger partial charge on any atom is -0.471 e. The Bertz CT molecular complexity index is 148. The first-order valence-corrected chi connectivity index (χ1v) is 3.73. The summed E-state index contributed by atoms with van der Waals surface area (Å²) in [6.45, 7) is 2.42. The zero-order valence-electron chi connectivity index (χ0n) is 5.09. The molecule has 3 nitrogen and oxygen atoms in total. The van der Waals surface area contributed by atoms with Gasteiger partial charge in [0.05, 0.1) is 6.61 Å². The van der Waals surface area contributed by atoms with E-state index in [1.165, 1.54) is 0 Å². The number of hydrogen-bond acceptors (Lipinski definition) is 3. The lowest BCUT2D eigenvalue weighted by Crippen LogP contribution is -2.28. The molecule has 0 bridgehead atoms. The largest absolute Gasteiger partial charge is 0.471 e. The molecule has 0 radical (unpaired) electrons. The number of halogens is 1. The van der Waals surface area contributed by atoms with Crippen LogP contribution in [0, 0.1) is 0 Å². The fourth-order valence-corrected chi connectivity index (χ4v) is 1.31. The average Bonchev–Trinajstić information content (AvgIpc) is 2.13. The van der Waals surface area contributed by atoms with Crippen molar-refractivity contribution in [2.24, 2.45) is 4.99 Å². The molecular formula is C5H8INO2. The molecule has 0 saturated carbocycles. The van der Waals surface area contributed by atoms with Gasteiger partial charge in [0.25, 0.3) is 0 Å². The minimum atomic E-state index is -0.378. The normalized spacial score (nSPS) is 33.9. The lowest BCUT2D eigenvalue weighted by molar-refractivity contribution is 0.171. The van der Waals surface area contributed by atoms with Gasteiger partial charge < -0.3 is 9.84 Å². The summed E-state index contributed by atoms with van der Waals surface area (Å²) in [4.78, 5) is 4.07. The maximum atomic E-state index is 8.75. The molecule has 4 heteroatoms. The zero-order valence-corrected chi connectivity index (χ0v) is 7.25. The topological polar surface area (TPSA) is 41.8 Å². The second kappa shape index (κ2) is 2.42. The van der Waals surface area contributed by atoms with E-state index in [9.17, 15) is 0 Å². The molecule has 1 aliphatic rings. The highest BCUT2D eigenvalue weighted by atomic mass is 127. The molecular weight excluding hydrogens is 233 g/mol. The van der Waals surface area contributed by atoms with Gasteiger partial charge >= 0.3 is 0 Å². The van der Waals surface area contributed by atoms with Crippen LogP contribution in [0.2, 0.25) is 0 Å². The van der Waals surface area contributed by atoms with Gasteiger partial charge in [0.2, 0.25) is 3.90 Å². The quantitative estimate of drug-likeness (QED) is 0.681. The highest BCUT2D eigenvalue weighted by Crippen LogP contribution is 2.19. The van der Waals surface area contributed by atoms with Crippen molar-refractivity contribution in [3.8, 4) is 0 Å². The molecule has 0 aromatic heterocycles. The van der Waals surface area contributed by atoms with Crippen molar-refractivity contribution < 1.29 is 9.84 Å². The molecule has 0 aromatic rings. The Hall–Kier alpha value is 0.160. The van der Waals surface area contributed by atoms with Crippen molar-refractivity contribution in [1.82, 2.24) is 0 Å². The van der Waals surface area contributed by atoms with E-state index in [0.717, 1.165) is 0 Å². The van der Waals surface area contributed by atoms with Crippen LogP contribution in [-0.2, 0) is 4.74 Å². The van der Waals surface area contributed by atoms with Gasteiger partial charge in [-0.05, 0) is 6.92 Å². The molecule has 1 rings (SSSR count). The fraction of sp³-hybridized carbons (Fsp3) is 0.800. The third kappa shape index (κ3) is 1.54. The summed E-state index contributed by atoms with van der Waals surface area (Å²) in [6.07, 6.45) is 0. The molecule has 0 amide bonds. The SMILES string of the molecule is CC1(CO)COC(I)=N1. The molecule has 1 N–H and O–H groups in total. The van der Waals surface area contributed by atoms with Crippen molar-refractivity contribution >= 4 is 26.5 Å². The van der Waals surface area contributed by atoms with Gasteiger partial charge in [-0.15, -0.1) is 0 Å². The van der Waals surface area contributed by atoms with Crippen molar-refractivity contribution in [2.45, 2.75) is 12.5 Å². The Morgan fingerprint density at radius 3 is 2.89 bits per heavy atom. The van der Waals surface area contributed by atoms with E-state index in [4.69, 9.17) is 9.84 Å². The predicted molar refractivity (Wildman–Crippen MR) is 42.9 cm³/mol. The first-order valence-electron chi connectivity index (χ1n) is 2.65. The average molecular weight is 241 g/mol. The molecule has 52 valence electrons. The van der Waals surface area contributed by atoms with Crippen molar-refractivity contribution in [3.63, 3.8) is 0 Å². The molecule has 0 saturated heterocycles. The highest BCUT2D eigenvalue weighted by Gasteiger charge is 2.29. The van der Waals surface area contributed by atoms with Gasteiger partial charge in [-0.3, -0.25) is 0 Å². The second-order valence-corrected chi connectivity index (χ2v) is 3.23. The smallest absolute Gasteiger partial charge is 0.248 e. The first kappa shape index (κ1) is 7.27. The molecule has 9 heavy (non-hydrogen) atoms. The number of hydrogen-bond donors (Lipinski definition) is 1.